The maximum atomic E-state index is 13.7. The van der Waals surface area contributed by atoms with E-state index in [1.54, 1.807) is 0 Å². The molecule has 0 radical (unpaired) electrons. The highest BCUT2D eigenvalue weighted by molar-refractivity contribution is 8.13. The number of thioether (sulfide) groups is 1. The van der Waals surface area contributed by atoms with Gasteiger partial charge in [0.05, 0.1) is 11.5 Å². The molecule has 35 heavy (non-hydrogen) atoms. The lowest BCUT2D eigenvalue weighted by Gasteiger charge is -2.39. The van der Waals surface area contributed by atoms with Crippen molar-refractivity contribution < 1.29 is 23.5 Å². The van der Waals surface area contributed by atoms with E-state index >= 15 is 0 Å². The number of benzene rings is 2. The first-order valence-corrected chi connectivity index (χ1v) is 13.0. The summed E-state index contributed by atoms with van der Waals surface area (Å²) in [5, 5.41) is 5.73. The Hall–Kier alpha value is -2.71. The molecule has 3 rings (SSSR count). The van der Waals surface area contributed by atoms with Crippen LogP contribution in [0.15, 0.2) is 54.6 Å². The molecular weight excluding hydrogens is 467 g/mol. The van der Waals surface area contributed by atoms with Gasteiger partial charge in [0.25, 0.3) is 0 Å². The molecule has 6 nitrogen and oxygen atoms in total. The molecule has 188 valence electrons. The molecule has 8 heteroatoms. The Kier molecular flexibility index (Phi) is 9.86. The van der Waals surface area contributed by atoms with Crippen molar-refractivity contribution in [1.29, 1.82) is 0 Å². The topological polar surface area (TPSA) is 84.5 Å². The zero-order valence-electron chi connectivity index (χ0n) is 20.2. The lowest BCUT2D eigenvalue weighted by molar-refractivity contribution is -0.136. The molecule has 1 aliphatic rings. The van der Waals surface area contributed by atoms with Gasteiger partial charge in [-0.3, -0.25) is 14.4 Å². The fraction of sp³-hybridized carbons (Fsp3) is 0.444. The summed E-state index contributed by atoms with van der Waals surface area (Å²) in [6.07, 6.45) is 3.03. The Morgan fingerprint density at radius 2 is 1.74 bits per heavy atom. The lowest BCUT2D eigenvalue weighted by atomic mass is 9.73. The monoisotopic (exact) mass is 500 g/mol. The van der Waals surface area contributed by atoms with Crippen molar-refractivity contribution >= 4 is 34.4 Å². The van der Waals surface area contributed by atoms with Crippen LogP contribution < -0.4 is 10.6 Å². The van der Waals surface area contributed by atoms with Crippen LogP contribution in [0, 0.1) is 11.2 Å². The quantitative estimate of drug-likeness (QED) is 0.492. The number of carbonyl (C=O) groups excluding carboxylic acids is 3. The highest BCUT2D eigenvalue weighted by atomic mass is 32.2. The molecule has 2 amide bonds. The largest absolute Gasteiger partial charge is 0.379 e. The second kappa shape index (κ2) is 12.8. The summed E-state index contributed by atoms with van der Waals surface area (Å²) in [5.74, 6) is -0.641. The summed E-state index contributed by atoms with van der Waals surface area (Å²) in [6.45, 7) is 4.07. The minimum absolute atomic E-state index is 0.0426. The van der Waals surface area contributed by atoms with Gasteiger partial charge in [-0.2, -0.15) is 0 Å². The molecule has 0 saturated heterocycles. The van der Waals surface area contributed by atoms with Gasteiger partial charge in [0.15, 0.2) is 5.12 Å². The molecule has 0 aliphatic heterocycles. The normalized spacial score (nSPS) is 20.6. The van der Waals surface area contributed by atoms with Gasteiger partial charge in [-0.1, -0.05) is 42.1 Å². The van der Waals surface area contributed by atoms with Gasteiger partial charge in [-0.05, 0) is 62.4 Å². The number of anilines is 1. The van der Waals surface area contributed by atoms with Crippen molar-refractivity contribution in [3.8, 4) is 0 Å². The molecule has 0 heterocycles. The van der Waals surface area contributed by atoms with Crippen molar-refractivity contribution in [2.75, 3.05) is 17.7 Å². The van der Waals surface area contributed by atoms with E-state index in [1.165, 1.54) is 31.2 Å². The Labute approximate surface area is 210 Å². The summed E-state index contributed by atoms with van der Waals surface area (Å²) >= 11 is 1.15. The van der Waals surface area contributed by atoms with Crippen LogP contribution in [0.25, 0.3) is 0 Å². The first kappa shape index (κ1) is 26.9. The third kappa shape index (κ3) is 7.90. The minimum Gasteiger partial charge on any atom is -0.379 e. The van der Waals surface area contributed by atoms with Crippen molar-refractivity contribution in [3.05, 3.63) is 66.0 Å². The predicted octanol–water partition coefficient (Wildman–Crippen LogP) is 4.74. The summed E-state index contributed by atoms with van der Waals surface area (Å²) in [5.41, 5.74) is 0.594. The molecule has 2 N–H and O–H groups in total. The number of amides is 2. The van der Waals surface area contributed by atoms with E-state index in [4.69, 9.17) is 4.74 Å². The van der Waals surface area contributed by atoms with E-state index in [9.17, 15) is 18.8 Å². The summed E-state index contributed by atoms with van der Waals surface area (Å²) < 4.78 is 19.0. The zero-order chi connectivity index (χ0) is 25.3. The third-order valence-corrected chi connectivity index (χ3v) is 7.45. The van der Waals surface area contributed by atoms with Crippen molar-refractivity contribution in [1.82, 2.24) is 5.32 Å². The van der Waals surface area contributed by atoms with Crippen molar-refractivity contribution in [3.63, 3.8) is 0 Å². The SMILES string of the molecule is CCO[C@H]1CC[C@@](CSC(C)=O)(C(=O)N[C@@H](Cc2ccccc2)C(=O)Nc2ccc(F)cc2)CC1. The van der Waals surface area contributed by atoms with Crippen LogP contribution in [0.4, 0.5) is 10.1 Å². The molecule has 1 fully saturated rings. The number of rotatable bonds is 10. The highest BCUT2D eigenvalue weighted by Crippen LogP contribution is 2.40. The number of halogens is 1. The van der Waals surface area contributed by atoms with Crippen LogP contribution in [-0.2, 0) is 25.5 Å². The second-order valence-electron chi connectivity index (χ2n) is 8.93. The average molecular weight is 501 g/mol. The molecule has 2 aromatic carbocycles. The van der Waals surface area contributed by atoms with E-state index in [-0.39, 0.29) is 23.0 Å². The number of carbonyl (C=O) groups is 3. The van der Waals surface area contributed by atoms with Gasteiger partial charge in [0.2, 0.25) is 11.8 Å². The molecule has 2 aromatic rings. The van der Waals surface area contributed by atoms with Crippen molar-refractivity contribution in [2.45, 2.75) is 58.1 Å². The number of hydrogen-bond acceptors (Lipinski definition) is 5. The second-order valence-corrected chi connectivity index (χ2v) is 10.1. The minimum atomic E-state index is -0.834. The standard InChI is InChI=1S/C27H33FN2O4S/c1-3-34-23-13-15-27(16-14-23,18-35-19(2)31)26(33)30-24(17-20-7-5-4-6-8-20)25(32)29-22-11-9-21(28)10-12-22/h4-12,23-24H,3,13-18H2,1-2H3,(H,29,32)(H,30,33)/t23-,24-,27+/m0/s1. The molecule has 0 aromatic heterocycles. The van der Waals surface area contributed by atoms with Gasteiger partial charge < -0.3 is 15.4 Å². The lowest BCUT2D eigenvalue weighted by Crippen LogP contribution is -2.53. The van der Waals surface area contributed by atoms with E-state index < -0.39 is 17.3 Å². The molecule has 0 spiro atoms. The summed E-state index contributed by atoms with van der Waals surface area (Å²) in [6, 6.07) is 14.1. The third-order valence-electron chi connectivity index (χ3n) is 6.34. The van der Waals surface area contributed by atoms with E-state index in [0.29, 0.717) is 37.3 Å². The molecular formula is C27H33FN2O4S. The van der Waals surface area contributed by atoms with Gasteiger partial charge >= 0.3 is 0 Å². The Morgan fingerprint density at radius 3 is 2.34 bits per heavy atom. The van der Waals surface area contributed by atoms with E-state index in [1.807, 2.05) is 37.3 Å². The average Bonchev–Trinajstić information content (AvgIpc) is 2.85. The Balaban J connectivity index is 1.79. The van der Waals surface area contributed by atoms with Gasteiger partial charge in [-0.15, -0.1) is 0 Å². The fourth-order valence-electron chi connectivity index (χ4n) is 4.36. The smallest absolute Gasteiger partial charge is 0.247 e. The summed E-state index contributed by atoms with van der Waals surface area (Å²) in [4.78, 5) is 38.7. The maximum Gasteiger partial charge on any atom is 0.247 e. The first-order valence-electron chi connectivity index (χ1n) is 12.0. The van der Waals surface area contributed by atoms with Crippen LogP contribution in [-0.4, -0.2) is 41.4 Å². The Morgan fingerprint density at radius 1 is 1.09 bits per heavy atom. The first-order chi connectivity index (χ1) is 16.8. The van der Waals surface area contributed by atoms with E-state index in [2.05, 4.69) is 10.6 Å². The molecule has 0 bridgehead atoms. The van der Waals surface area contributed by atoms with Crippen LogP contribution in [0.3, 0.4) is 0 Å². The Bertz CT molecular complexity index is 992. The number of nitrogens with one attached hydrogen (secondary N) is 2. The van der Waals surface area contributed by atoms with Crippen LogP contribution in [0.2, 0.25) is 0 Å². The number of ether oxygens (including phenoxy) is 1. The van der Waals surface area contributed by atoms with Crippen LogP contribution in [0.5, 0.6) is 0 Å². The maximum absolute atomic E-state index is 13.7. The van der Waals surface area contributed by atoms with Crippen LogP contribution >= 0.6 is 11.8 Å². The zero-order valence-corrected chi connectivity index (χ0v) is 21.0. The fourth-order valence-corrected chi connectivity index (χ4v) is 5.26. The molecule has 1 atom stereocenters. The predicted molar refractivity (Wildman–Crippen MR) is 137 cm³/mol. The molecule has 1 aliphatic carbocycles. The molecule has 0 unspecified atom stereocenters. The van der Waals surface area contributed by atoms with Crippen LogP contribution in [0.1, 0.15) is 45.1 Å². The van der Waals surface area contributed by atoms with Gasteiger partial charge in [0, 0.05) is 31.4 Å². The molecule has 1 saturated carbocycles. The van der Waals surface area contributed by atoms with Gasteiger partial charge in [0.1, 0.15) is 11.9 Å². The highest BCUT2D eigenvalue weighted by Gasteiger charge is 2.43. The van der Waals surface area contributed by atoms with E-state index in [0.717, 1.165) is 30.2 Å². The van der Waals surface area contributed by atoms with Crippen molar-refractivity contribution in [2.24, 2.45) is 5.41 Å². The summed E-state index contributed by atoms with van der Waals surface area (Å²) in [7, 11) is 0. The van der Waals surface area contributed by atoms with Gasteiger partial charge in [-0.25, -0.2) is 4.39 Å². The number of hydrogen-bond donors (Lipinski definition) is 2.